The lowest BCUT2D eigenvalue weighted by Gasteiger charge is -2.23. The van der Waals surface area contributed by atoms with Crippen molar-refractivity contribution in [1.82, 2.24) is 10.3 Å². The highest BCUT2D eigenvalue weighted by Crippen LogP contribution is 2.31. The highest BCUT2D eigenvalue weighted by atomic mass is 79.9. The number of rotatable bonds is 3. The number of aromatic nitrogens is 1. The monoisotopic (exact) mass is 280 g/mol. The molecule has 2 nitrogen and oxygen atoms in total. The molecular weight excluding hydrogens is 264 g/mol. The first kappa shape index (κ1) is 11.8. The van der Waals surface area contributed by atoms with Crippen LogP contribution < -0.4 is 5.32 Å². The molecule has 0 fully saturated rings. The lowest BCUT2D eigenvalue weighted by molar-refractivity contribution is 0.581. The van der Waals surface area contributed by atoms with Crippen molar-refractivity contribution in [3.8, 4) is 0 Å². The summed E-state index contributed by atoms with van der Waals surface area (Å²) in [5.74, 6) is 0. The fourth-order valence-corrected chi connectivity index (χ4v) is 2.72. The molecule has 0 radical (unpaired) electrons. The number of hydrogen-bond acceptors (Lipinski definition) is 2. The Labute approximate surface area is 105 Å². The summed E-state index contributed by atoms with van der Waals surface area (Å²) in [5, 5.41) is 3.37. The van der Waals surface area contributed by atoms with E-state index in [-0.39, 0.29) is 6.04 Å². The third-order valence-corrected chi connectivity index (χ3v) is 3.72. The molecule has 16 heavy (non-hydrogen) atoms. The summed E-state index contributed by atoms with van der Waals surface area (Å²) in [4.78, 5) is 4.47. The van der Waals surface area contributed by atoms with Crippen molar-refractivity contribution >= 4 is 15.9 Å². The number of allylic oxidation sites excluding steroid dienone is 1. The molecular formula is C13H17BrN2. The van der Waals surface area contributed by atoms with Gasteiger partial charge in [-0.2, -0.15) is 0 Å². The predicted octanol–water partition coefficient (Wildman–Crippen LogP) is 3.61. The van der Waals surface area contributed by atoms with Crippen molar-refractivity contribution < 1.29 is 0 Å². The number of likely N-dealkylation sites (N-methyl/N-ethyl adjacent to an activating group) is 1. The first-order valence-electron chi connectivity index (χ1n) is 5.79. The first-order valence-corrected chi connectivity index (χ1v) is 6.59. The Morgan fingerprint density at radius 2 is 2.31 bits per heavy atom. The molecule has 0 aliphatic heterocycles. The molecule has 1 aliphatic rings. The van der Waals surface area contributed by atoms with Crippen LogP contribution in [0.5, 0.6) is 0 Å². The van der Waals surface area contributed by atoms with Gasteiger partial charge in [-0.05, 0) is 60.8 Å². The molecule has 1 heterocycles. The van der Waals surface area contributed by atoms with Gasteiger partial charge in [0.1, 0.15) is 0 Å². The third-order valence-electron chi connectivity index (χ3n) is 3.05. The van der Waals surface area contributed by atoms with Crippen molar-refractivity contribution in [2.45, 2.75) is 31.7 Å². The second-order valence-corrected chi connectivity index (χ2v) is 4.97. The Morgan fingerprint density at radius 1 is 1.44 bits per heavy atom. The van der Waals surface area contributed by atoms with Gasteiger partial charge in [0, 0.05) is 10.7 Å². The number of halogens is 1. The zero-order valence-corrected chi connectivity index (χ0v) is 11.1. The summed E-state index contributed by atoms with van der Waals surface area (Å²) in [6.07, 6.45) is 9.24. The highest BCUT2D eigenvalue weighted by Gasteiger charge is 2.19. The minimum absolute atomic E-state index is 0.260. The van der Waals surface area contributed by atoms with Gasteiger partial charge in [0.05, 0.1) is 11.7 Å². The predicted molar refractivity (Wildman–Crippen MR) is 70.3 cm³/mol. The van der Waals surface area contributed by atoms with Crippen LogP contribution in [0.3, 0.4) is 0 Å². The zero-order valence-electron chi connectivity index (χ0n) is 9.54. The quantitative estimate of drug-likeness (QED) is 0.856. The number of hydrogen-bond donors (Lipinski definition) is 1. The number of nitrogens with zero attached hydrogens (tertiary/aromatic N) is 1. The Kier molecular flexibility index (Phi) is 4.13. The Balaban J connectivity index is 2.28. The molecule has 1 atom stereocenters. The van der Waals surface area contributed by atoms with Crippen LogP contribution in [0.2, 0.25) is 0 Å². The zero-order chi connectivity index (χ0) is 11.4. The third kappa shape index (κ3) is 2.53. The topological polar surface area (TPSA) is 24.9 Å². The molecule has 0 saturated heterocycles. The molecule has 0 aromatic carbocycles. The van der Waals surface area contributed by atoms with Crippen LogP contribution in [-0.2, 0) is 0 Å². The maximum atomic E-state index is 4.47. The fourth-order valence-electron chi connectivity index (χ4n) is 2.23. The number of nitrogens with one attached hydrogen (secondary N) is 1. The maximum Gasteiger partial charge on any atom is 0.0756 e. The lowest BCUT2D eigenvalue weighted by Crippen LogP contribution is -2.21. The van der Waals surface area contributed by atoms with Crippen LogP contribution in [0.25, 0.3) is 0 Å². The van der Waals surface area contributed by atoms with Crippen LogP contribution in [0.15, 0.2) is 34.5 Å². The second-order valence-electron chi connectivity index (χ2n) is 4.12. The van der Waals surface area contributed by atoms with Crippen LogP contribution in [-0.4, -0.2) is 12.0 Å². The molecule has 1 aromatic heterocycles. The van der Waals surface area contributed by atoms with Crippen molar-refractivity contribution in [3.05, 3.63) is 40.1 Å². The van der Waals surface area contributed by atoms with Crippen molar-refractivity contribution in [1.29, 1.82) is 0 Å². The lowest BCUT2D eigenvalue weighted by atomic mass is 9.92. The molecule has 1 unspecified atom stereocenters. The van der Waals surface area contributed by atoms with Crippen LogP contribution in [0.4, 0.5) is 0 Å². The molecule has 0 bridgehead atoms. The molecule has 1 aliphatic carbocycles. The van der Waals surface area contributed by atoms with Gasteiger partial charge in [-0.15, -0.1) is 0 Å². The average molecular weight is 281 g/mol. The molecule has 0 amide bonds. The van der Waals surface area contributed by atoms with E-state index in [0.29, 0.717) is 0 Å². The van der Waals surface area contributed by atoms with Gasteiger partial charge in [-0.1, -0.05) is 11.6 Å². The van der Waals surface area contributed by atoms with E-state index in [1.807, 2.05) is 19.3 Å². The average Bonchev–Trinajstić information content (AvgIpc) is 2.34. The summed E-state index contributed by atoms with van der Waals surface area (Å²) in [5.41, 5.74) is 2.58. The van der Waals surface area contributed by atoms with Crippen LogP contribution in [0.1, 0.15) is 37.4 Å². The Bertz CT molecular complexity index is 387. The van der Waals surface area contributed by atoms with E-state index in [1.165, 1.54) is 31.3 Å². The van der Waals surface area contributed by atoms with Crippen molar-refractivity contribution in [2.75, 3.05) is 7.05 Å². The molecule has 0 saturated carbocycles. The summed E-state index contributed by atoms with van der Waals surface area (Å²) in [6, 6.07) is 4.27. The Morgan fingerprint density at radius 3 is 2.94 bits per heavy atom. The molecule has 86 valence electrons. The molecule has 2 rings (SSSR count). The molecule has 3 heteroatoms. The molecule has 0 spiro atoms. The highest BCUT2D eigenvalue weighted by molar-refractivity contribution is 9.10. The van der Waals surface area contributed by atoms with Gasteiger partial charge in [0.25, 0.3) is 0 Å². The minimum atomic E-state index is 0.260. The van der Waals surface area contributed by atoms with E-state index in [2.05, 4.69) is 38.4 Å². The molecule has 1 aromatic rings. The van der Waals surface area contributed by atoms with E-state index >= 15 is 0 Å². The minimum Gasteiger partial charge on any atom is -0.308 e. The standard InChI is InChI=1S/C13H17BrN2/c1-15-12(10-6-3-2-4-7-10)13-11(14)8-5-9-16-13/h5-6,8-9,12,15H,2-4,7H2,1H3. The second kappa shape index (κ2) is 5.60. The summed E-state index contributed by atoms with van der Waals surface area (Å²) < 4.78 is 1.08. The van der Waals surface area contributed by atoms with Crippen molar-refractivity contribution in [3.63, 3.8) is 0 Å². The fraction of sp³-hybridized carbons (Fsp3) is 0.462. The van der Waals surface area contributed by atoms with Gasteiger partial charge >= 0.3 is 0 Å². The van der Waals surface area contributed by atoms with Gasteiger partial charge < -0.3 is 5.32 Å². The van der Waals surface area contributed by atoms with Gasteiger partial charge in [0.2, 0.25) is 0 Å². The van der Waals surface area contributed by atoms with E-state index < -0.39 is 0 Å². The largest absolute Gasteiger partial charge is 0.308 e. The summed E-state index contributed by atoms with van der Waals surface area (Å²) in [6.45, 7) is 0. The maximum absolute atomic E-state index is 4.47. The van der Waals surface area contributed by atoms with E-state index in [1.54, 1.807) is 0 Å². The summed E-state index contributed by atoms with van der Waals surface area (Å²) >= 11 is 3.57. The van der Waals surface area contributed by atoms with E-state index in [4.69, 9.17) is 0 Å². The van der Waals surface area contributed by atoms with Gasteiger partial charge in [-0.25, -0.2) is 0 Å². The summed E-state index contributed by atoms with van der Waals surface area (Å²) in [7, 11) is 2.00. The first-order chi connectivity index (χ1) is 7.83. The van der Waals surface area contributed by atoms with Gasteiger partial charge in [-0.3, -0.25) is 4.98 Å². The van der Waals surface area contributed by atoms with Crippen molar-refractivity contribution in [2.24, 2.45) is 0 Å². The number of pyridine rings is 1. The van der Waals surface area contributed by atoms with Crippen LogP contribution >= 0.6 is 15.9 Å². The smallest absolute Gasteiger partial charge is 0.0756 e. The SMILES string of the molecule is CNC(C1=CCCCC1)c1ncccc1Br. The van der Waals surface area contributed by atoms with E-state index in [0.717, 1.165) is 10.2 Å². The van der Waals surface area contributed by atoms with E-state index in [9.17, 15) is 0 Å². The van der Waals surface area contributed by atoms with Crippen LogP contribution in [0, 0.1) is 0 Å². The normalized spacial score (nSPS) is 18.0. The molecule has 1 N–H and O–H groups in total. The Hall–Kier alpha value is -0.670. The van der Waals surface area contributed by atoms with Gasteiger partial charge in [0.15, 0.2) is 0 Å².